The Bertz CT molecular complexity index is 1570. The Hall–Kier alpha value is -3.17. The molecule has 0 saturated carbocycles. The Balaban J connectivity index is 0.000000519. The minimum Gasteiger partial charge on any atom is -0.507 e. The number of phenols is 1. The van der Waals surface area contributed by atoms with Gasteiger partial charge in [0.05, 0.1) is 0 Å². The van der Waals surface area contributed by atoms with Gasteiger partial charge in [0, 0.05) is 16.7 Å². The third-order valence-electron chi connectivity index (χ3n) is 7.71. The molecule has 1 aromatic heterocycles. The van der Waals surface area contributed by atoms with Crippen LogP contribution in [0.5, 0.6) is 5.75 Å². The molecular weight excluding hydrogens is 618 g/mol. The second-order valence-electron chi connectivity index (χ2n) is 12.0. The zero-order valence-corrected chi connectivity index (χ0v) is 30.7. The van der Waals surface area contributed by atoms with Crippen molar-refractivity contribution in [3.8, 4) is 17.1 Å². The molecule has 44 heavy (non-hydrogen) atoms. The number of aromatic hydroxyl groups is 1. The zero-order valence-electron chi connectivity index (χ0n) is 28.3. The summed E-state index contributed by atoms with van der Waals surface area (Å²) in [5.74, 6) is 1.96. The van der Waals surface area contributed by atoms with Crippen molar-refractivity contribution in [1.82, 2.24) is 9.13 Å². The van der Waals surface area contributed by atoms with Gasteiger partial charge in [-0.25, -0.2) is 0 Å². The Morgan fingerprint density at radius 2 is 0.773 bits per heavy atom. The zero-order chi connectivity index (χ0) is 29.8. The van der Waals surface area contributed by atoms with E-state index < -0.39 is 0 Å². The van der Waals surface area contributed by atoms with Crippen molar-refractivity contribution < 1.29 is 31.3 Å². The van der Waals surface area contributed by atoms with Gasteiger partial charge in [-0.3, -0.25) is 0 Å². The third-order valence-corrected chi connectivity index (χ3v) is 7.71. The average molecular weight is 668 g/mol. The Kier molecular flexibility index (Phi) is 14.8. The Morgan fingerprint density at radius 1 is 0.477 bits per heavy atom. The summed E-state index contributed by atoms with van der Waals surface area (Å²) in [5, 5.41) is 21.4. The number of nitrogens with zero attached hydrogens (tertiary/aromatic N) is 3. The van der Waals surface area contributed by atoms with Crippen LogP contribution in [-0.4, -0.2) is 14.2 Å². The second kappa shape index (κ2) is 16.8. The quantitative estimate of drug-likeness (QED) is 0.180. The first-order chi connectivity index (χ1) is 19.5. The van der Waals surface area contributed by atoms with Gasteiger partial charge in [-0.2, -0.15) is 0 Å². The van der Waals surface area contributed by atoms with E-state index in [1.807, 2.05) is 51.6 Å². The van der Waals surface area contributed by atoms with Gasteiger partial charge in [-0.1, -0.05) is 146 Å². The SMILES string of the molecule is CC(C)c1cccc(C(C)C)c1O.CC(C)c1ccccc1-n1c(=[N-])n(-c2ccccc2C(C)C)c2ccccc21.[CH3-].[CH3-].[Zr+3]. The Morgan fingerprint density at radius 3 is 1.11 bits per heavy atom. The summed E-state index contributed by atoms with van der Waals surface area (Å²) in [7, 11) is 0. The molecule has 5 heteroatoms. The molecule has 1 heterocycles. The van der Waals surface area contributed by atoms with Crippen molar-refractivity contribution in [2.24, 2.45) is 0 Å². The van der Waals surface area contributed by atoms with Crippen molar-refractivity contribution >= 4 is 11.0 Å². The molecule has 1 radical (unpaired) electrons. The standard InChI is InChI=1S/C25H26N3.C12H18O.2CH3.Zr/c1-17(2)19-11-5-7-13-21(19)27-23-15-9-10-16-24(23)28(25(27)26)22-14-8-6-12-20(22)18(3)4;1-8(2)10-6-5-7-11(9(3)4)12(10)13;;;/h5-18H,1-4H3;5-9,13H,1-4H3;2*1H3;/q-1;;2*-1;+3. The summed E-state index contributed by atoms with van der Waals surface area (Å²) < 4.78 is 3.95. The minimum absolute atomic E-state index is 0. The van der Waals surface area contributed by atoms with Crippen LogP contribution in [0.3, 0.4) is 0 Å². The number of rotatable bonds is 6. The third kappa shape index (κ3) is 7.91. The Labute approximate surface area is 285 Å². The molecule has 0 fully saturated rings. The van der Waals surface area contributed by atoms with Gasteiger partial charge in [0.25, 0.3) is 0 Å². The van der Waals surface area contributed by atoms with E-state index in [1.165, 1.54) is 11.1 Å². The number of hydrogen-bond donors (Lipinski definition) is 1. The summed E-state index contributed by atoms with van der Waals surface area (Å²) in [5.41, 5.74) is 8.77. The first kappa shape index (κ1) is 38.9. The van der Waals surface area contributed by atoms with E-state index in [0.29, 0.717) is 29.4 Å². The van der Waals surface area contributed by atoms with Crippen LogP contribution in [0.1, 0.15) is 101 Å². The fourth-order valence-electron chi connectivity index (χ4n) is 5.50. The van der Waals surface area contributed by atoms with Crippen LogP contribution in [0.4, 0.5) is 0 Å². The van der Waals surface area contributed by atoms with Gasteiger partial charge < -0.3 is 34.5 Å². The average Bonchev–Trinajstić information content (AvgIpc) is 3.24. The summed E-state index contributed by atoms with van der Waals surface area (Å²) in [6.45, 7) is 17.1. The molecule has 5 rings (SSSR count). The number of fused-ring (bicyclic) bond motifs is 1. The molecular formula is C39H50N3OZr. The van der Waals surface area contributed by atoms with E-state index in [-0.39, 0.29) is 46.7 Å². The maximum absolute atomic E-state index is 11.5. The number of imidazole rings is 1. The van der Waals surface area contributed by atoms with Gasteiger partial charge >= 0.3 is 26.2 Å². The number of para-hydroxylation sites is 5. The number of hydrogen-bond acceptors (Lipinski definition) is 1. The summed E-state index contributed by atoms with van der Waals surface area (Å²) in [4.78, 5) is 0. The predicted octanol–water partition coefficient (Wildman–Crippen LogP) is 10.7. The van der Waals surface area contributed by atoms with Gasteiger partial charge in [-0.15, -0.1) is 0 Å². The molecule has 0 aliphatic carbocycles. The van der Waals surface area contributed by atoms with E-state index in [2.05, 4.69) is 104 Å². The maximum Gasteiger partial charge on any atom is 3.00 e. The van der Waals surface area contributed by atoms with Crippen LogP contribution >= 0.6 is 0 Å². The van der Waals surface area contributed by atoms with Crippen molar-refractivity contribution in [2.45, 2.75) is 79.1 Å². The monoisotopic (exact) mass is 666 g/mol. The fraction of sp³-hybridized carbons (Fsp3) is 0.308. The van der Waals surface area contributed by atoms with Gasteiger partial charge in [0.1, 0.15) is 5.75 Å². The van der Waals surface area contributed by atoms with Crippen molar-refractivity contribution in [1.29, 1.82) is 0 Å². The van der Waals surface area contributed by atoms with Gasteiger partial charge in [0.15, 0.2) is 0 Å². The topological polar surface area (TPSA) is 52.4 Å². The molecule has 0 atom stereocenters. The molecule has 4 aromatic carbocycles. The van der Waals surface area contributed by atoms with Crippen LogP contribution in [0.15, 0.2) is 91.0 Å². The molecule has 231 valence electrons. The fourth-order valence-corrected chi connectivity index (χ4v) is 5.50. The molecule has 5 aromatic rings. The maximum atomic E-state index is 11.5. The summed E-state index contributed by atoms with van der Waals surface area (Å²) in [6.07, 6.45) is 0. The molecule has 0 bridgehead atoms. The van der Waals surface area contributed by atoms with Crippen LogP contribution in [0.25, 0.3) is 27.8 Å². The van der Waals surface area contributed by atoms with Crippen molar-refractivity contribution in [2.75, 3.05) is 0 Å². The second-order valence-corrected chi connectivity index (χ2v) is 12.0. The largest absolute Gasteiger partial charge is 3.00 e. The van der Waals surface area contributed by atoms with Crippen molar-refractivity contribution in [3.05, 3.63) is 139 Å². The summed E-state index contributed by atoms with van der Waals surface area (Å²) >= 11 is 0. The van der Waals surface area contributed by atoms with Crippen LogP contribution < -0.4 is 5.62 Å². The molecule has 0 unspecified atom stereocenters. The smallest absolute Gasteiger partial charge is 0.507 e. The van der Waals surface area contributed by atoms with Gasteiger partial charge in [-0.05, 0) is 57.3 Å². The molecule has 0 saturated heterocycles. The first-order valence-electron chi connectivity index (χ1n) is 14.8. The molecule has 0 aliphatic rings. The molecule has 0 spiro atoms. The van der Waals surface area contributed by atoms with Crippen molar-refractivity contribution in [3.63, 3.8) is 0 Å². The van der Waals surface area contributed by atoms with E-state index >= 15 is 0 Å². The number of benzene rings is 4. The van der Waals surface area contributed by atoms with E-state index in [4.69, 9.17) is 0 Å². The first-order valence-corrected chi connectivity index (χ1v) is 14.8. The molecule has 1 N–H and O–H groups in total. The van der Waals surface area contributed by atoms with E-state index in [1.54, 1.807) is 0 Å². The molecule has 4 nitrogen and oxygen atoms in total. The minimum atomic E-state index is 0. The van der Waals surface area contributed by atoms with E-state index in [0.717, 1.165) is 33.5 Å². The molecule has 0 aliphatic heterocycles. The predicted molar refractivity (Wildman–Crippen MR) is 186 cm³/mol. The van der Waals surface area contributed by atoms with Crippen LogP contribution in [-0.2, 0) is 26.2 Å². The number of aromatic nitrogens is 2. The number of phenolic OH excluding ortho intramolecular Hbond substituents is 1. The normalized spacial score (nSPS) is 10.7. The summed E-state index contributed by atoms with van der Waals surface area (Å²) in [6, 6.07) is 30.8. The van der Waals surface area contributed by atoms with Crippen LogP contribution in [0.2, 0.25) is 0 Å². The molecule has 0 amide bonds. The van der Waals surface area contributed by atoms with Crippen LogP contribution in [0, 0.1) is 14.9 Å². The van der Waals surface area contributed by atoms with E-state index in [9.17, 15) is 10.5 Å². The van der Waals surface area contributed by atoms with Gasteiger partial charge in [0.2, 0.25) is 0 Å².